The molecule has 1 aromatic carbocycles. The average Bonchev–Trinajstić information content (AvgIpc) is 3.40. The molecular weight excluding hydrogens is 500 g/mol. The molecule has 0 radical (unpaired) electrons. The van der Waals surface area contributed by atoms with E-state index in [4.69, 9.17) is 0 Å². The van der Waals surface area contributed by atoms with Crippen LogP contribution in [0.2, 0.25) is 0 Å². The van der Waals surface area contributed by atoms with Gasteiger partial charge in [-0.3, -0.25) is 40.9 Å². The van der Waals surface area contributed by atoms with Gasteiger partial charge in [-0.2, -0.15) is 0 Å². The number of hydrazine groups is 2. The van der Waals surface area contributed by atoms with Gasteiger partial charge in [0.2, 0.25) is 22.1 Å². The predicted molar refractivity (Wildman–Crippen MR) is 142 cm³/mol. The quantitative estimate of drug-likeness (QED) is 0.178. The fourth-order valence-corrected chi connectivity index (χ4v) is 4.53. The highest BCUT2D eigenvalue weighted by molar-refractivity contribution is 7.18. The summed E-state index contributed by atoms with van der Waals surface area (Å²) in [5.41, 5.74) is 13.0. The van der Waals surface area contributed by atoms with Crippen LogP contribution >= 0.6 is 22.7 Å². The van der Waals surface area contributed by atoms with Crippen molar-refractivity contribution in [1.82, 2.24) is 20.8 Å². The minimum atomic E-state index is -0.262. The lowest BCUT2D eigenvalue weighted by atomic mass is 10.1. The van der Waals surface area contributed by atoms with Crippen LogP contribution in [-0.4, -0.2) is 33.3 Å². The molecule has 4 N–H and O–H groups in total. The molecule has 3 aromatic rings. The minimum Gasteiger partial charge on any atom is -0.288 e. The molecule has 2 amide bonds. The molecule has 0 bridgehead atoms. The summed E-state index contributed by atoms with van der Waals surface area (Å²) in [6.07, 6.45) is 6.34. The van der Waals surface area contributed by atoms with E-state index in [-0.39, 0.29) is 23.4 Å². The van der Waals surface area contributed by atoms with Crippen molar-refractivity contribution in [2.45, 2.75) is 27.7 Å². The van der Waals surface area contributed by atoms with Crippen molar-refractivity contribution in [2.24, 2.45) is 0 Å². The summed E-state index contributed by atoms with van der Waals surface area (Å²) in [6, 6.07) is 7.35. The Bertz CT molecular complexity index is 1250. The first-order valence-corrected chi connectivity index (χ1v) is 12.3. The van der Waals surface area contributed by atoms with Gasteiger partial charge in [0, 0.05) is 13.8 Å². The molecule has 10 nitrogen and oxygen atoms in total. The van der Waals surface area contributed by atoms with Crippen LogP contribution < -0.4 is 21.7 Å². The first-order valence-electron chi connectivity index (χ1n) is 10.7. The summed E-state index contributed by atoms with van der Waals surface area (Å²) in [6.45, 7) is 6.20. The van der Waals surface area contributed by atoms with Crippen molar-refractivity contribution in [3.05, 3.63) is 68.7 Å². The summed E-state index contributed by atoms with van der Waals surface area (Å²) < 4.78 is 0. The number of hydrogen-bond acceptors (Lipinski definition) is 10. The van der Waals surface area contributed by atoms with Crippen LogP contribution in [0.3, 0.4) is 0 Å². The third-order valence-corrected chi connectivity index (χ3v) is 6.70. The van der Waals surface area contributed by atoms with Gasteiger partial charge in [-0.25, -0.2) is 9.97 Å². The normalized spacial score (nSPS) is 11.0. The number of nitrogens with one attached hydrogen (secondary N) is 4. The maximum atomic E-state index is 12.6. The van der Waals surface area contributed by atoms with Gasteiger partial charge in [0.25, 0.3) is 0 Å². The van der Waals surface area contributed by atoms with Gasteiger partial charge in [0.1, 0.15) is 0 Å². The van der Waals surface area contributed by atoms with Crippen molar-refractivity contribution in [2.75, 3.05) is 10.9 Å². The van der Waals surface area contributed by atoms with E-state index in [0.717, 1.165) is 33.8 Å². The molecule has 2 heterocycles. The van der Waals surface area contributed by atoms with Gasteiger partial charge in [-0.1, -0.05) is 59.1 Å². The third-order valence-electron chi connectivity index (χ3n) is 4.52. The summed E-state index contributed by atoms with van der Waals surface area (Å²) in [5.74, 6) is -0.908. The minimum absolute atomic E-state index is 0.192. The molecule has 0 spiro atoms. The molecule has 12 heteroatoms. The maximum absolute atomic E-state index is 12.6. The first kappa shape index (κ1) is 26.4. The topological polar surface area (TPSA) is 142 Å². The van der Waals surface area contributed by atoms with E-state index in [1.54, 1.807) is 26.0 Å². The number of amides is 2. The Balaban J connectivity index is 1.60. The molecule has 0 aliphatic rings. The second-order valence-electron chi connectivity index (χ2n) is 7.54. The van der Waals surface area contributed by atoms with E-state index in [1.807, 2.05) is 24.3 Å². The van der Waals surface area contributed by atoms with Crippen molar-refractivity contribution < 1.29 is 19.2 Å². The summed E-state index contributed by atoms with van der Waals surface area (Å²) >= 11 is 2.31. The standard InChI is InChI=1S/C24H24N6O4S2/c1-13-21(35-23(25-13)29-27-15(3)31)19(33)11-9-17-5-7-18(8-6-17)10-12-20(34)22-14(2)26-24(36-22)30-28-16(4)32/h5-12H,1-4H3,(H,25,29)(H,26,30)(H,27,31)(H,28,32)/b11-9+,12-10+. The molecule has 0 atom stereocenters. The van der Waals surface area contributed by atoms with Crippen molar-refractivity contribution in [3.8, 4) is 0 Å². The van der Waals surface area contributed by atoms with Crippen LogP contribution in [0.15, 0.2) is 36.4 Å². The van der Waals surface area contributed by atoms with Crippen LogP contribution in [-0.2, 0) is 9.59 Å². The Morgan fingerprint density at radius 3 is 1.39 bits per heavy atom. The number of nitrogens with zero attached hydrogens (tertiary/aromatic N) is 2. The Morgan fingerprint density at radius 1 is 0.694 bits per heavy atom. The maximum Gasteiger partial charge on any atom is 0.235 e. The molecular formula is C24H24N6O4S2. The summed E-state index contributed by atoms with van der Waals surface area (Å²) in [5, 5.41) is 0.859. The highest BCUT2D eigenvalue weighted by Gasteiger charge is 2.14. The molecule has 0 unspecified atom stereocenters. The van der Waals surface area contributed by atoms with E-state index in [2.05, 4.69) is 31.7 Å². The van der Waals surface area contributed by atoms with Crippen LogP contribution in [0.1, 0.15) is 55.7 Å². The number of aryl methyl sites for hydroxylation is 2. The Kier molecular flexibility index (Phi) is 8.81. The van der Waals surface area contributed by atoms with Crippen LogP contribution in [0.4, 0.5) is 10.3 Å². The molecule has 0 aliphatic carbocycles. The van der Waals surface area contributed by atoms with Crippen molar-refractivity contribution in [1.29, 1.82) is 0 Å². The van der Waals surface area contributed by atoms with E-state index in [1.165, 1.54) is 26.0 Å². The number of benzene rings is 1. The number of hydrogen-bond donors (Lipinski definition) is 4. The lowest BCUT2D eigenvalue weighted by Crippen LogP contribution is -2.26. The number of aromatic nitrogens is 2. The van der Waals surface area contributed by atoms with E-state index >= 15 is 0 Å². The number of ketones is 2. The molecule has 0 saturated carbocycles. The monoisotopic (exact) mass is 524 g/mol. The summed E-state index contributed by atoms with van der Waals surface area (Å²) in [7, 11) is 0. The van der Waals surface area contributed by atoms with Crippen LogP contribution in [0, 0.1) is 13.8 Å². The Hall–Kier alpha value is -4.16. The lowest BCUT2D eigenvalue weighted by Gasteiger charge is -1.99. The zero-order valence-electron chi connectivity index (χ0n) is 20.0. The van der Waals surface area contributed by atoms with Gasteiger partial charge >= 0.3 is 0 Å². The average molecular weight is 525 g/mol. The molecule has 0 saturated heterocycles. The summed E-state index contributed by atoms with van der Waals surface area (Å²) in [4.78, 5) is 56.6. The molecule has 0 fully saturated rings. The fraction of sp³-hybridized carbons (Fsp3) is 0.167. The zero-order chi connectivity index (χ0) is 26.2. The Labute approximate surface area is 215 Å². The van der Waals surface area contributed by atoms with E-state index in [9.17, 15) is 19.2 Å². The molecule has 2 aromatic heterocycles. The van der Waals surface area contributed by atoms with Crippen LogP contribution in [0.5, 0.6) is 0 Å². The molecule has 0 aliphatic heterocycles. The number of carbonyl (C=O) groups is 4. The molecule has 36 heavy (non-hydrogen) atoms. The van der Waals surface area contributed by atoms with Gasteiger partial charge in [-0.15, -0.1) is 0 Å². The third kappa shape index (κ3) is 7.42. The largest absolute Gasteiger partial charge is 0.288 e. The highest BCUT2D eigenvalue weighted by Crippen LogP contribution is 2.24. The van der Waals surface area contributed by atoms with Crippen molar-refractivity contribution in [3.63, 3.8) is 0 Å². The fourth-order valence-electron chi connectivity index (χ4n) is 2.85. The second-order valence-corrected chi connectivity index (χ2v) is 9.54. The number of thiazole rings is 2. The molecule has 186 valence electrons. The number of rotatable bonds is 10. The smallest absolute Gasteiger partial charge is 0.235 e. The number of carbonyl (C=O) groups excluding carboxylic acids is 4. The number of anilines is 2. The SMILES string of the molecule is CC(=O)NNc1nc(C)c(C(=O)/C=C/c2ccc(/C=C/C(=O)c3sc(NNC(C)=O)nc3C)cc2)s1. The predicted octanol–water partition coefficient (Wildman–Crippen LogP) is 3.93. The number of allylic oxidation sites excluding steroid dienone is 2. The highest BCUT2D eigenvalue weighted by atomic mass is 32.1. The van der Waals surface area contributed by atoms with E-state index in [0.29, 0.717) is 31.4 Å². The van der Waals surface area contributed by atoms with Gasteiger partial charge in [-0.05, 0) is 37.1 Å². The van der Waals surface area contributed by atoms with Crippen LogP contribution in [0.25, 0.3) is 12.2 Å². The molecule has 3 rings (SSSR count). The second kappa shape index (κ2) is 12.0. The lowest BCUT2D eigenvalue weighted by molar-refractivity contribution is -0.119. The Morgan fingerprint density at radius 2 is 1.06 bits per heavy atom. The van der Waals surface area contributed by atoms with E-state index < -0.39 is 0 Å². The van der Waals surface area contributed by atoms with Gasteiger partial charge in [0.15, 0.2) is 11.6 Å². The van der Waals surface area contributed by atoms with Gasteiger partial charge in [0.05, 0.1) is 21.1 Å². The first-order chi connectivity index (χ1) is 17.1. The van der Waals surface area contributed by atoms with Gasteiger partial charge < -0.3 is 0 Å². The van der Waals surface area contributed by atoms with Crippen molar-refractivity contribution >= 4 is 68.5 Å². The zero-order valence-corrected chi connectivity index (χ0v) is 21.6.